The molecule has 0 saturated carbocycles. The van der Waals surface area contributed by atoms with Crippen LogP contribution in [0.25, 0.3) is 0 Å². The molecule has 1 rings (SSSR count). The number of methoxy groups -OCH3 is 2. The van der Waals surface area contributed by atoms with Gasteiger partial charge in [-0.25, -0.2) is 0 Å². The molecule has 0 aliphatic heterocycles. The Morgan fingerprint density at radius 2 is 1.78 bits per heavy atom. The van der Waals surface area contributed by atoms with E-state index < -0.39 is 0 Å². The Balaban J connectivity index is 3.22. The van der Waals surface area contributed by atoms with Gasteiger partial charge in [-0.15, -0.1) is 0 Å². The molecule has 0 fully saturated rings. The highest BCUT2D eigenvalue weighted by Gasteiger charge is 2.21. The minimum atomic E-state index is 0.210. The highest BCUT2D eigenvalue weighted by molar-refractivity contribution is 6.31. The van der Waals surface area contributed by atoms with Gasteiger partial charge in [-0.1, -0.05) is 31.9 Å². The lowest BCUT2D eigenvalue weighted by Crippen LogP contribution is -2.23. The lowest BCUT2D eigenvalue weighted by atomic mass is 9.92. The number of benzene rings is 1. The molecule has 2 atom stereocenters. The first-order valence-corrected chi connectivity index (χ1v) is 6.55. The van der Waals surface area contributed by atoms with Gasteiger partial charge in [0.05, 0.1) is 14.2 Å². The van der Waals surface area contributed by atoms with Crippen LogP contribution in [0, 0.1) is 5.92 Å². The lowest BCUT2D eigenvalue weighted by Gasteiger charge is -2.25. The smallest absolute Gasteiger partial charge is 0.162 e. The second-order valence-electron chi connectivity index (χ2n) is 4.38. The molecule has 1 aromatic rings. The molecule has 0 heterocycles. The quantitative estimate of drug-likeness (QED) is 0.856. The Morgan fingerprint density at radius 3 is 2.22 bits per heavy atom. The van der Waals surface area contributed by atoms with E-state index >= 15 is 0 Å². The van der Waals surface area contributed by atoms with Gasteiger partial charge in [0.2, 0.25) is 0 Å². The molecule has 0 bridgehead atoms. The molecule has 102 valence electrons. The van der Waals surface area contributed by atoms with Crippen LogP contribution in [0.3, 0.4) is 0 Å². The van der Waals surface area contributed by atoms with E-state index in [1.807, 2.05) is 19.2 Å². The van der Waals surface area contributed by atoms with Crippen LogP contribution in [0.4, 0.5) is 0 Å². The fourth-order valence-electron chi connectivity index (χ4n) is 2.09. The Hall–Kier alpha value is -0.930. The summed E-state index contributed by atoms with van der Waals surface area (Å²) >= 11 is 6.34. The molecule has 0 aliphatic rings. The maximum atomic E-state index is 6.34. The first kappa shape index (κ1) is 15.1. The van der Waals surface area contributed by atoms with Crippen LogP contribution >= 0.6 is 11.6 Å². The predicted molar refractivity (Wildman–Crippen MR) is 75.8 cm³/mol. The van der Waals surface area contributed by atoms with Gasteiger partial charge < -0.3 is 14.8 Å². The van der Waals surface area contributed by atoms with Crippen LogP contribution < -0.4 is 14.8 Å². The molecule has 3 nitrogen and oxygen atoms in total. The molecule has 0 spiro atoms. The average Bonchev–Trinajstić information content (AvgIpc) is 2.40. The van der Waals surface area contributed by atoms with Gasteiger partial charge in [-0.2, -0.15) is 0 Å². The summed E-state index contributed by atoms with van der Waals surface area (Å²) in [6.45, 7) is 4.37. The zero-order valence-corrected chi connectivity index (χ0v) is 12.5. The maximum absolute atomic E-state index is 6.34. The number of ether oxygens (including phenoxy) is 2. The van der Waals surface area contributed by atoms with Gasteiger partial charge in [-0.3, -0.25) is 0 Å². The van der Waals surface area contributed by atoms with E-state index in [2.05, 4.69) is 19.2 Å². The molecule has 0 amide bonds. The SMILES string of the molecule is CCC(C)C(NC)c1cc(OC)c(OC)cc1Cl. The third-order valence-electron chi connectivity index (χ3n) is 3.36. The first-order valence-electron chi connectivity index (χ1n) is 6.17. The van der Waals surface area contributed by atoms with E-state index in [1.165, 1.54) is 0 Å². The summed E-state index contributed by atoms with van der Waals surface area (Å²) in [6.07, 6.45) is 1.08. The van der Waals surface area contributed by atoms with Crippen molar-refractivity contribution in [3.8, 4) is 11.5 Å². The summed E-state index contributed by atoms with van der Waals surface area (Å²) in [4.78, 5) is 0. The van der Waals surface area contributed by atoms with Crippen molar-refractivity contribution in [3.63, 3.8) is 0 Å². The fraction of sp³-hybridized carbons (Fsp3) is 0.571. The highest BCUT2D eigenvalue weighted by Crippen LogP contribution is 2.38. The molecule has 1 N–H and O–H groups in total. The summed E-state index contributed by atoms with van der Waals surface area (Å²) in [7, 11) is 5.19. The molecular formula is C14H22ClNO2. The topological polar surface area (TPSA) is 30.5 Å². The van der Waals surface area contributed by atoms with Crippen molar-refractivity contribution in [2.45, 2.75) is 26.3 Å². The maximum Gasteiger partial charge on any atom is 0.162 e. The first-order chi connectivity index (χ1) is 8.58. The predicted octanol–water partition coefficient (Wildman–Crippen LogP) is 3.66. The van der Waals surface area contributed by atoms with Crippen LogP contribution in [0.15, 0.2) is 12.1 Å². The van der Waals surface area contributed by atoms with Crippen LogP contribution in [-0.4, -0.2) is 21.3 Å². The van der Waals surface area contributed by atoms with Gasteiger partial charge in [0, 0.05) is 17.1 Å². The third kappa shape index (κ3) is 3.09. The van der Waals surface area contributed by atoms with Crippen molar-refractivity contribution in [1.29, 1.82) is 0 Å². The second kappa shape index (κ2) is 6.86. The van der Waals surface area contributed by atoms with E-state index in [9.17, 15) is 0 Å². The van der Waals surface area contributed by atoms with Crippen LogP contribution in [0.5, 0.6) is 11.5 Å². The van der Waals surface area contributed by atoms with E-state index in [1.54, 1.807) is 14.2 Å². The van der Waals surface area contributed by atoms with Gasteiger partial charge in [-0.05, 0) is 24.6 Å². The number of halogens is 1. The number of hydrogen-bond acceptors (Lipinski definition) is 3. The Morgan fingerprint density at radius 1 is 1.22 bits per heavy atom. The minimum Gasteiger partial charge on any atom is -0.493 e. The molecule has 4 heteroatoms. The van der Waals surface area contributed by atoms with Crippen LogP contribution in [-0.2, 0) is 0 Å². The van der Waals surface area contributed by atoms with E-state index in [0.717, 1.165) is 12.0 Å². The molecule has 0 saturated heterocycles. The second-order valence-corrected chi connectivity index (χ2v) is 4.79. The van der Waals surface area contributed by atoms with Gasteiger partial charge in [0.1, 0.15) is 0 Å². The Bertz CT molecular complexity index is 396. The molecular weight excluding hydrogens is 250 g/mol. The zero-order valence-electron chi connectivity index (χ0n) is 11.7. The van der Waals surface area contributed by atoms with Crippen LogP contribution in [0.1, 0.15) is 31.9 Å². The van der Waals surface area contributed by atoms with Gasteiger partial charge in [0.25, 0.3) is 0 Å². The van der Waals surface area contributed by atoms with Crippen molar-refractivity contribution < 1.29 is 9.47 Å². The van der Waals surface area contributed by atoms with Crippen LogP contribution in [0.2, 0.25) is 5.02 Å². The van der Waals surface area contributed by atoms with Crippen molar-refractivity contribution >= 4 is 11.6 Å². The number of hydrogen-bond donors (Lipinski definition) is 1. The Kier molecular flexibility index (Phi) is 5.76. The van der Waals surface area contributed by atoms with Crippen molar-refractivity contribution in [2.75, 3.05) is 21.3 Å². The Labute approximate surface area is 114 Å². The number of nitrogens with one attached hydrogen (secondary N) is 1. The minimum absolute atomic E-state index is 0.210. The largest absolute Gasteiger partial charge is 0.493 e. The summed E-state index contributed by atoms with van der Waals surface area (Å²) in [5.74, 6) is 1.86. The zero-order chi connectivity index (χ0) is 13.7. The molecule has 0 aliphatic carbocycles. The fourth-order valence-corrected chi connectivity index (χ4v) is 2.36. The molecule has 1 aromatic carbocycles. The summed E-state index contributed by atoms with van der Waals surface area (Å²) in [5, 5.41) is 4.02. The normalized spacial score (nSPS) is 14.1. The summed E-state index contributed by atoms with van der Waals surface area (Å²) in [6, 6.07) is 3.97. The average molecular weight is 272 g/mol. The lowest BCUT2D eigenvalue weighted by molar-refractivity contribution is 0.351. The van der Waals surface area contributed by atoms with Gasteiger partial charge >= 0.3 is 0 Å². The molecule has 0 radical (unpaired) electrons. The summed E-state index contributed by atoms with van der Waals surface area (Å²) < 4.78 is 10.6. The van der Waals surface area contributed by atoms with E-state index in [0.29, 0.717) is 22.4 Å². The molecule has 0 aromatic heterocycles. The van der Waals surface area contributed by atoms with Crippen molar-refractivity contribution in [3.05, 3.63) is 22.7 Å². The summed E-state index contributed by atoms with van der Waals surface area (Å²) in [5.41, 5.74) is 1.05. The van der Waals surface area contributed by atoms with Crippen molar-refractivity contribution in [2.24, 2.45) is 5.92 Å². The molecule has 18 heavy (non-hydrogen) atoms. The third-order valence-corrected chi connectivity index (χ3v) is 3.69. The highest BCUT2D eigenvalue weighted by atomic mass is 35.5. The number of rotatable bonds is 6. The van der Waals surface area contributed by atoms with E-state index in [4.69, 9.17) is 21.1 Å². The monoisotopic (exact) mass is 271 g/mol. The standard InChI is InChI=1S/C14H22ClNO2/c1-6-9(2)14(16-3)10-7-12(17-4)13(18-5)8-11(10)15/h7-9,14,16H,6H2,1-5H3. The van der Waals surface area contributed by atoms with E-state index in [-0.39, 0.29) is 6.04 Å². The van der Waals surface area contributed by atoms with Gasteiger partial charge in [0.15, 0.2) is 11.5 Å². The van der Waals surface area contributed by atoms with Crippen molar-refractivity contribution in [1.82, 2.24) is 5.32 Å². The molecule has 2 unspecified atom stereocenters.